The fourth-order valence-corrected chi connectivity index (χ4v) is 3.27. The molecule has 1 fully saturated rings. The van der Waals surface area contributed by atoms with E-state index in [1.165, 1.54) is 11.6 Å². The maximum Gasteiger partial charge on any atom is 0.220 e. The predicted molar refractivity (Wildman–Crippen MR) is 106 cm³/mol. The van der Waals surface area contributed by atoms with Crippen LogP contribution in [0.3, 0.4) is 0 Å². The van der Waals surface area contributed by atoms with Crippen molar-refractivity contribution in [2.45, 2.75) is 25.9 Å². The van der Waals surface area contributed by atoms with Crippen LogP contribution in [0.15, 0.2) is 48.5 Å². The minimum atomic E-state index is -0.249. The SMILES string of the molecule is CN1CCN(Cc2ccc(CNC(=O)CCc3ccccc3F)cc2)CC1. The number of benzene rings is 2. The second kappa shape index (κ2) is 9.62. The summed E-state index contributed by atoms with van der Waals surface area (Å²) in [6.45, 7) is 5.94. The largest absolute Gasteiger partial charge is 0.352 e. The number of likely N-dealkylation sites (N-methyl/N-ethyl adjacent to an activating group) is 1. The zero-order valence-electron chi connectivity index (χ0n) is 16.0. The zero-order chi connectivity index (χ0) is 19.1. The molecule has 1 saturated heterocycles. The molecule has 1 N–H and O–H groups in total. The number of hydrogen-bond acceptors (Lipinski definition) is 3. The molecule has 0 radical (unpaired) electrons. The van der Waals surface area contributed by atoms with Gasteiger partial charge in [-0.3, -0.25) is 9.69 Å². The summed E-state index contributed by atoms with van der Waals surface area (Å²) in [5.41, 5.74) is 2.96. The molecule has 0 bridgehead atoms. The number of nitrogens with one attached hydrogen (secondary N) is 1. The molecule has 27 heavy (non-hydrogen) atoms. The van der Waals surface area contributed by atoms with Crippen LogP contribution in [0.5, 0.6) is 0 Å². The van der Waals surface area contributed by atoms with E-state index in [1.54, 1.807) is 18.2 Å². The number of hydrogen-bond donors (Lipinski definition) is 1. The average molecular weight is 369 g/mol. The Balaban J connectivity index is 1.40. The van der Waals surface area contributed by atoms with Crippen molar-refractivity contribution in [3.8, 4) is 0 Å². The van der Waals surface area contributed by atoms with Gasteiger partial charge < -0.3 is 10.2 Å². The molecule has 0 saturated carbocycles. The van der Waals surface area contributed by atoms with E-state index in [0.717, 1.165) is 38.3 Å². The molecule has 1 aliphatic rings. The summed E-state index contributed by atoms with van der Waals surface area (Å²) in [6, 6.07) is 15.0. The molecular formula is C22H28FN3O. The molecule has 4 nitrogen and oxygen atoms in total. The van der Waals surface area contributed by atoms with Crippen molar-refractivity contribution in [1.82, 2.24) is 15.1 Å². The van der Waals surface area contributed by atoms with E-state index in [4.69, 9.17) is 0 Å². The molecule has 1 aliphatic heterocycles. The lowest BCUT2D eigenvalue weighted by Crippen LogP contribution is -2.43. The van der Waals surface area contributed by atoms with Crippen LogP contribution in [-0.4, -0.2) is 48.9 Å². The van der Waals surface area contributed by atoms with E-state index in [-0.39, 0.29) is 11.7 Å². The van der Waals surface area contributed by atoms with Crippen molar-refractivity contribution in [2.75, 3.05) is 33.2 Å². The highest BCUT2D eigenvalue weighted by molar-refractivity contribution is 5.76. The van der Waals surface area contributed by atoms with Crippen LogP contribution >= 0.6 is 0 Å². The lowest BCUT2D eigenvalue weighted by atomic mass is 10.1. The second-order valence-electron chi connectivity index (χ2n) is 7.26. The third-order valence-corrected chi connectivity index (χ3v) is 5.09. The van der Waals surface area contributed by atoms with Crippen molar-refractivity contribution in [1.29, 1.82) is 0 Å². The number of aryl methyl sites for hydroxylation is 1. The molecule has 5 heteroatoms. The van der Waals surface area contributed by atoms with Crippen molar-refractivity contribution in [2.24, 2.45) is 0 Å². The Morgan fingerprint density at radius 1 is 1.00 bits per heavy atom. The lowest BCUT2D eigenvalue weighted by Gasteiger charge is -2.32. The molecule has 2 aromatic carbocycles. The number of halogens is 1. The summed E-state index contributed by atoms with van der Waals surface area (Å²) in [4.78, 5) is 16.8. The molecule has 1 amide bonds. The van der Waals surface area contributed by atoms with Gasteiger partial charge in [0.1, 0.15) is 5.82 Å². The van der Waals surface area contributed by atoms with Crippen LogP contribution in [0.4, 0.5) is 4.39 Å². The Bertz CT molecular complexity index is 739. The number of piperazine rings is 1. The summed E-state index contributed by atoms with van der Waals surface area (Å²) in [5, 5.41) is 2.92. The first-order valence-electron chi connectivity index (χ1n) is 9.59. The third kappa shape index (κ3) is 6.15. The normalized spacial score (nSPS) is 15.6. The van der Waals surface area contributed by atoms with Crippen LogP contribution in [-0.2, 0) is 24.3 Å². The van der Waals surface area contributed by atoms with Gasteiger partial charge >= 0.3 is 0 Å². The Labute approximate surface area is 161 Å². The fourth-order valence-electron chi connectivity index (χ4n) is 3.27. The van der Waals surface area contributed by atoms with E-state index in [2.05, 4.69) is 46.4 Å². The lowest BCUT2D eigenvalue weighted by molar-refractivity contribution is -0.121. The smallest absolute Gasteiger partial charge is 0.220 e. The highest BCUT2D eigenvalue weighted by atomic mass is 19.1. The molecule has 144 valence electrons. The first-order valence-corrected chi connectivity index (χ1v) is 9.59. The van der Waals surface area contributed by atoms with Gasteiger partial charge in [0.05, 0.1) is 0 Å². The number of carbonyl (C=O) groups excluding carboxylic acids is 1. The Morgan fingerprint density at radius 3 is 2.37 bits per heavy atom. The molecule has 0 aliphatic carbocycles. The monoisotopic (exact) mass is 369 g/mol. The van der Waals surface area contributed by atoms with Crippen LogP contribution in [0, 0.1) is 5.82 Å². The van der Waals surface area contributed by atoms with Crippen LogP contribution < -0.4 is 5.32 Å². The number of amides is 1. The van der Waals surface area contributed by atoms with Crippen molar-refractivity contribution >= 4 is 5.91 Å². The third-order valence-electron chi connectivity index (χ3n) is 5.09. The van der Waals surface area contributed by atoms with Gasteiger partial charge in [-0.1, -0.05) is 42.5 Å². The van der Waals surface area contributed by atoms with Crippen molar-refractivity contribution in [3.63, 3.8) is 0 Å². The summed E-state index contributed by atoms with van der Waals surface area (Å²) < 4.78 is 13.6. The van der Waals surface area contributed by atoms with Gasteiger partial charge in [0.2, 0.25) is 5.91 Å². The average Bonchev–Trinajstić information content (AvgIpc) is 2.68. The number of rotatable bonds is 7. The molecule has 0 spiro atoms. The summed E-state index contributed by atoms with van der Waals surface area (Å²) in [5.74, 6) is -0.305. The zero-order valence-corrected chi connectivity index (χ0v) is 16.0. The number of carbonyl (C=O) groups is 1. The maximum atomic E-state index is 13.6. The highest BCUT2D eigenvalue weighted by Crippen LogP contribution is 2.11. The Hall–Kier alpha value is -2.24. The van der Waals surface area contributed by atoms with Gasteiger partial charge in [-0.2, -0.15) is 0 Å². The first-order chi connectivity index (χ1) is 13.1. The minimum Gasteiger partial charge on any atom is -0.352 e. The molecular weight excluding hydrogens is 341 g/mol. The van der Waals surface area contributed by atoms with Crippen molar-refractivity contribution < 1.29 is 9.18 Å². The van der Waals surface area contributed by atoms with Gasteiger partial charge in [-0.05, 0) is 36.2 Å². The summed E-state index contributed by atoms with van der Waals surface area (Å²) >= 11 is 0. The van der Waals surface area contributed by atoms with Gasteiger partial charge in [-0.15, -0.1) is 0 Å². The molecule has 3 rings (SSSR count). The second-order valence-corrected chi connectivity index (χ2v) is 7.26. The van der Waals surface area contributed by atoms with Crippen LogP contribution in [0.2, 0.25) is 0 Å². The Kier molecular flexibility index (Phi) is 6.96. The van der Waals surface area contributed by atoms with Crippen LogP contribution in [0.25, 0.3) is 0 Å². The summed E-state index contributed by atoms with van der Waals surface area (Å²) in [6.07, 6.45) is 0.713. The van der Waals surface area contributed by atoms with E-state index in [9.17, 15) is 9.18 Å². The van der Waals surface area contributed by atoms with Gasteiger partial charge in [0.15, 0.2) is 0 Å². The fraction of sp³-hybridized carbons (Fsp3) is 0.409. The van der Waals surface area contributed by atoms with Crippen LogP contribution in [0.1, 0.15) is 23.1 Å². The van der Waals surface area contributed by atoms with Gasteiger partial charge in [-0.25, -0.2) is 4.39 Å². The van der Waals surface area contributed by atoms with E-state index < -0.39 is 0 Å². The molecule has 0 aromatic heterocycles. The summed E-state index contributed by atoms with van der Waals surface area (Å²) in [7, 11) is 2.16. The van der Waals surface area contributed by atoms with Gasteiger partial charge in [0.25, 0.3) is 0 Å². The van der Waals surface area contributed by atoms with Crippen molar-refractivity contribution in [3.05, 3.63) is 71.0 Å². The molecule has 1 heterocycles. The standard InChI is InChI=1S/C22H28FN3O/c1-25-12-14-26(15-13-25)17-19-8-6-18(7-9-19)16-24-22(27)11-10-20-4-2-3-5-21(20)23/h2-9H,10-17H2,1H3,(H,24,27). The minimum absolute atomic E-state index is 0.0558. The molecule has 0 atom stereocenters. The first kappa shape index (κ1) is 19.5. The van der Waals surface area contributed by atoms with E-state index >= 15 is 0 Å². The predicted octanol–water partition coefficient (Wildman–Crippen LogP) is 2.82. The quantitative estimate of drug-likeness (QED) is 0.815. The number of nitrogens with zero attached hydrogens (tertiary/aromatic N) is 2. The molecule has 0 unspecified atom stereocenters. The van der Waals surface area contributed by atoms with Gasteiger partial charge in [0, 0.05) is 45.7 Å². The molecule has 2 aromatic rings. The topological polar surface area (TPSA) is 35.6 Å². The van der Waals surface area contributed by atoms with E-state index in [1.807, 2.05) is 0 Å². The highest BCUT2D eigenvalue weighted by Gasteiger charge is 2.13. The maximum absolute atomic E-state index is 13.6. The van der Waals surface area contributed by atoms with E-state index in [0.29, 0.717) is 24.9 Å². The Morgan fingerprint density at radius 2 is 1.67 bits per heavy atom.